The first-order valence-corrected chi connectivity index (χ1v) is 5.33. The molecule has 0 aliphatic carbocycles. The van der Waals surface area contributed by atoms with E-state index in [1.165, 1.54) is 18.0 Å². The largest absolute Gasteiger partial charge is 0.348 e. The van der Waals surface area contributed by atoms with Crippen LogP contribution in [0.4, 0.5) is 5.95 Å². The summed E-state index contributed by atoms with van der Waals surface area (Å²) in [5.41, 5.74) is 1.63. The summed E-state index contributed by atoms with van der Waals surface area (Å²) in [7, 11) is 0. The van der Waals surface area contributed by atoms with Crippen LogP contribution in [0, 0.1) is 11.3 Å². The Morgan fingerprint density at radius 1 is 1.18 bits per heavy atom. The molecule has 0 saturated carbocycles. The molecule has 1 aromatic carbocycles. The highest BCUT2D eigenvalue weighted by Crippen LogP contribution is 2.15. The first-order valence-electron chi connectivity index (χ1n) is 5.33. The molecule has 2 rings (SSSR count). The fraction of sp³-hybridized carbons (Fsp3) is 0.154. The molecule has 0 fully saturated rings. The fourth-order valence-electron chi connectivity index (χ4n) is 1.48. The number of nitriles is 1. The fourth-order valence-corrected chi connectivity index (χ4v) is 1.48. The molecule has 0 aliphatic heterocycles. The summed E-state index contributed by atoms with van der Waals surface area (Å²) < 4.78 is 0. The van der Waals surface area contributed by atoms with E-state index in [9.17, 15) is 0 Å². The molecule has 0 spiro atoms. The Labute approximate surface area is 100.0 Å². The summed E-state index contributed by atoms with van der Waals surface area (Å²) in [5, 5.41) is 11.8. The maximum Gasteiger partial charge on any atom is 0.223 e. The SMILES string of the molecule is CC(Nc1ncc(C#N)cn1)c1ccccc1. The zero-order valence-electron chi connectivity index (χ0n) is 9.46. The molecular formula is C13H12N4. The molecule has 1 heterocycles. The molecule has 0 aliphatic rings. The monoisotopic (exact) mass is 224 g/mol. The van der Waals surface area contributed by atoms with Gasteiger partial charge in [-0.25, -0.2) is 9.97 Å². The molecule has 0 amide bonds. The number of nitrogens with one attached hydrogen (secondary N) is 1. The van der Waals surface area contributed by atoms with E-state index in [0.29, 0.717) is 11.5 Å². The smallest absolute Gasteiger partial charge is 0.223 e. The van der Waals surface area contributed by atoms with E-state index in [1.54, 1.807) is 0 Å². The normalized spacial score (nSPS) is 11.5. The van der Waals surface area contributed by atoms with Crippen molar-refractivity contribution in [1.29, 1.82) is 5.26 Å². The van der Waals surface area contributed by atoms with Gasteiger partial charge < -0.3 is 5.32 Å². The summed E-state index contributed by atoms with van der Waals surface area (Å²) >= 11 is 0. The van der Waals surface area contributed by atoms with Crippen LogP contribution >= 0.6 is 0 Å². The van der Waals surface area contributed by atoms with E-state index in [0.717, 1.165) is 0 Å². The Morgan fingerprint density at radius 2 is 1.82 bits per heavy atom. The van der Waals surface area contributed by atoms with Gasteiger partial charge in [0.1, 0.15) is 6.07 Å². The number of benzene rings is 1. The predicted octanol–water partition coefficient (Wildman–Crippen LogP) is 2.52. The standard InChI is InChI=1S/C13H12N4/c1-10(12-5-3-2-4-6-12)17-13-15-8-11(7-14)9-16-13/h2-6,8-10H,1H3,(H,15,16,17). The first kappa shape index (κ1) is 11.1. The van der Waals surface area contributed by atoms with Gasteiger partial charge in [0.2, 0.25) is 5.95 Å². The molecule has 0 radical (unpaired) electrons. The van der Waals surface area contributed by atoms with E-state index in [2.05, 4.69) is 15.3 Å². The molecule has 4 heteroatoms. The van der Waals surface area contributed by atoms with Crippen LogP contribution in [0.15, 0.2) is 42.7 Å². The molecule has 17 heavy (non-hydrogen) atoms. The number of anilines is 1. The van der Waals surface area contributed by atoms with E-state index in [1.807, 2.05) is 43.3 Å². The highest BCUT2D eigenvalue weighted by Gasteiger charge is 2.05. The zero-order chi connectivity index (χ0) is 12.1. The first-order chi connectivity index (χ1) is 8.29. The average Bonchev–Trinajstić information content (AvgIpc) is 2.40. The average molecular weight is 224 g/mol. The Kier molecular flexibility index (Phi) is 3.31. The lowest BCUT2D eigenvalue weighted by atomic mass is 10.1. The van der Waals surface area contributed by atoms with Crippen molar-refractivity contribution in [1.82, 2.24) is 9.97 Å². The van der Waals surface area contributed by atoms with Gasteiger partial charge >= 0.3 is 0 Å². The van der Waals surface area contributed by atoms with Gasteiger partial charge in [-0.3, -0.25) is 0 Å². The van der Waals surface area contributed by atoms with Crippen LogP contribution in [0.25, 0.3) is 0 Å². The van der Waals surface area contributed by atoms with Crippen LogP contribution in [0.3, 0.4) is 0 Å². The third-order valence-electron chi connectivity index (χ3n) is 2.43. The molecule has 2 aromatic rings. The van der Waals surface area contributed by atoms with Crippen molar-refractivity contribution in [3.63, 3.8) is 0 Å². The van der Waals surface area contributed by atoms with Gasteiger partial charge in [-0.15, -0.1) is 0 Å². The van der Waals surface area contributed by atoms with Crippen molar-refractivity contribution in [2.24, 2.45) is 0 Å². The number of aromatic nitrogens is 2. The quantitative estimate of drug-likeness (QED) is 0.870. The second-order valence-electron chi connectivity index (χ2n) is 3.68. The van der Waals surface area contributed by atoms with Crippen LogP contribution in [-0.2, 0) is 0 Å². The number of hydrogen-bond donors (Lipinski definition) is 1. The second-order valence-corrected chi connectivity index (χ2v) is 3.68. The maximum absolute atomic E-state index is 8.64. The van der Waals surface area contributed by atoms with Crippen molar-refractivity contribution >= 4 is 5.95 Å². The second kappa shape index (κ2) is 5.08. The lowest BCUT2D eigenvalue weighted by Gasteiger charge is -2.13. The van der Waals surface area contributed by atoms with Gasteiger partial charge in [0.05, 0.1) is 24.0 Å². The predicted molar refractivity (Wildman–Crippen MR) is 65.2 cm³/mol. The van der Waals surface area contributed by atoms with Crippen LogP contribution < -0.4 is 5.32 Å². The molecule has 84 valence electrons. The van der Waals surface area contributed by atoms with Crippen molar-refractivity contribution < 1.29 is 0 Å². The topological polar surface area (TPSA) is 61.6 Å². The molecule has 0 bridgehead atoms. The minimum Gasteiger partial charge on any atom is -0.348 e. The van der Waals surface area contributed by atoms with E-state index >= 15 is 0 Å². The van der Waals surface area contributed by atoms with Gasteiger partial charge in [-0.2, -0.15) is 5.26 Å². The molecule has 4 nitrogen and oxygen atoms in total. The Hall–Kier alpha value is -2.41. The summed E-state index contributed by atoms with van der Waals surface area (Å²) in [5.74, 6) is 0.528. The van der Waals surface area contributed by atoms with Gasteiger partial charge in [-0.05, 0) is 12.5 Å². The van der Waals surface area contributed by atoms with E-state index in [4.69, 9.17) is 5.26 Å². The van der Waals surface area contributed by atoms with E-state index < -0.39 is 0 Å². The molecule has 1 unspecified atom stereocenters. The summed E-state index contributed by atoms with van der Waals surface area (Å²) in [4.78, 5) is 8.14. The Bertz CT molecular complexity index is 513. The number of hydrogen-bond acceptors (Lipinski definition) is 4. The molecule has 1 N–H and O–H groups in total. The van der Waals surface area contributed by atoms with Crippen molar-refractivity contribution in [2.45, 2.75) is 13.0 Å². The number of nitrogens with zero attached hydrogens (tertiary/aromatic N) is 3. The third kappa shape index (κ3) is 2.79. The third-order valence-corrected chi connectivity index (χ3v) is 2.43. The van der Waals surface area contributed by atoms with E-state index in [-0.39, 0.29) is 6.04 Å². The summed E-state index contributed by atoms with van der Waals surface area (Å²) in [6.45, 7) is 2.04. The zero-order valence-corrected chi connectivity index (χ0v) is 9.46. The molecule has 0 saturated heterocycles. The summed E-state index contributed by atoms with van der Waals surface area (Å²) in [6.07, 6.45) is 3.01. The maximum atomic E-state index is 8.64. The Balaban J connectivity index is 2.08. The lowest BCUT2D eigenvalue weighted by molar-refractivity contribution is 0.860. The summed E-state index contributed by atoms with van der Waals surface area (Å²) in [6, 6.07) is 12.2. The number of rotatable bonds is 3. The highest BCUT2D eigenvalue weighted by atomic mass is 15.1. The molecule has 1 atom stereocenters. The molecular weight excluding hydrogens is 212 g/mol. The van der Waals surface area contributed by atoms with Gasteiger partial charge in [0, 0.05) is 0 Å². The van der Waals surface area contributed by atoms with Crippen molar-refractivity contribution in [3.05, 3.63) is 53.9 Å². The minimum atomic E-state index is 0.129. The van der Waals surface area contributed by atoms with Gasteiger partial charge in [0.15, 0.2) is 0 Å². The van der Waals surface area contributed by atoms with Crippen molar-refractivity contribution in [2.75, 3.05) is 5.32 Å². The molecule has 1 aromatic heterocycles. The minimum absolute atomic E-state index is 0.129. The van der Waals surface area contributed by atoms with Crippen LogP contribution in [0.1, 0.15) is 24.1 Å². The lowest BCUT2D eigenvalue weighted by Crippen LogP contribution is -2.09. The van der Waals surface area contributed by atoms with Crippen molar-refractivity contribution in [3.8, 4) is 6.07 Å². The van der Waals surface area contributed by atoms with Crippen LogP contribution in [0.2, 0.25) is 0 Å². The Morgan fingerprint density at radius 3 is 2.41 bits per heavy atom. The van der Waals surface area contributed by atoms with Gasteiger partial charge in [-0.1, -0.05) is 30.3 Å². The van der Waals surface area contributed by atoms with Gasteiger partial charge in [0.25, 0.3) is 0 Å². The van der Waals surface area contributed by atoms with Crippen LogP contribution in [-0.4, -0.2) is 9.97 Å². The highest BCUT2D eigenvalue weighted by molar-refractivity contribution is 5.33. The van der Waals surface area contributed by atoms with Crippen LogP contribution in [0.5, 0.6) is 0 Å².